The van der Waals surface area contributed by atoms with Crippen molar-refractivity contribution in [1.82, 2.24) is 10.6 Å². The molecule has 0 saturated heterocycles. The fourth-order valence-corrected chi connectivity index (χ4v) is 1.27. The normalized spacial score (nSPS) is 12.1. The number of ether oxygens (including phenoxy) is 1. The van der Waals surface area contributed by atoms with E-state index in [1.165, 1.54) is 0 Å². The summed E-state index contributed by atoms with van der Waals surface area (Å²) in [6.07, 6.45) is 1.26. The third-order valence-corrected chi connectivity index (χ3v) is 2.09. The molecule has 0 saturated carbocycles. The van der Waals surface area contributed by atoms with E-state index in [9.17, 15) is 4.79 Å². The molecular weight excluding hydrogens is 208 g/mol. The van der Waals surface area contributed by atoms with E-state index in [0.717, 1.165) is 5.76 Å². The van der Waals surface area contributed by atoms with Gasteiger partial charge in [0.1, 0.15) is 5.76 Å². The van der Waals surface area contributed by atoms with E-state index < -0.39 is 0 Å². The van der Waals surface area contributed by atoms with Gasteiger partial charge in [0.05, 0.1) is 18.9 Å². The van der Waals surface area contributed by atoms with Gasteiger partial charge in [0.2, 0.25) is 0 Å². The Bertz CT molecular complexity index is 298. The maximum atomic E-state index is 10.9. The van der Waals surface area contributed by atoms with E-state index in [1.807, 2.05) is 19.1 Å². The summed E-state index contributed by atoms with van der Waals surface area (Å²) in [5.74, 6) is 0.885. The predicted molar refractivity (Wildman–Crippen MR) is 60.2 cm³/mol. The Morgan fingerprint density at radius 2 is 2.38 bits per heavy atom. The van der Waals surface area contributed by atoms with Crippen LogP contribution >= 0.6 is 0 Å². The lowest BCUT2D eigenvalue weighted by atomic mass is 10.2. The minimum Gasteiger partial charge on any atom is -0.468 e. The van der Waals surface area contributed by atoms with Crippen LogP contribution in [0.4, 0.5) is 4.79 Å². The maximum absolute atomic E-state index is 10.9. The molecule has 0 fully saturated rings. The summed E-state index contributed by atoms with van der Waals surface area (Å²) in [6.45, 7) is 5.37. The summed E-state index contributed by atoms with van der Waals surface area (Å²) in [7, 11) is 0. The van der Waals surface area contributed by atoms with Crippen LogP contribution in [-0.4, -0.2) is 25.8 Å². The average Bonchev–Trinajstić information content (AvgIpc) is 2.78. The summed E-state index contributed by atoms with van der Waals surface area (Å²) in [6, 6.07) is 3.90. The molecule has 0 aromatic carbocycles. The second kappa shape index (κ2) is 6.90. The summed E-state index contributed by atoms with van der Waals surface area (Å²) in [4.78, 5) is 10.9. The third-order valence-electron chi connectivity index (χ3n) is 2.09. The molecule has 0 aliphatic rings. The Balaban J connectivity index is 2.09. The van der Waals surface area contributed by atoms with E-state index in [-0.39, 0.29) is 12.1 Å². The summed E-state index contributed by atoms with van der Waals surface area (Å²) >= 11 is 0. The Labute approximate surface area is 95.2 Å². The quantitative estimate of drug-likeness (QED) is 0.724. The van der Waals surface area contributed by atoms with Crippen LogP contribution in [0, 0.1) is 0 Å². The number of hydrogen-bond acceptors (Lipinski definition) is 4. The topological polar surface area (TPSA) is 63.5 Å². The third kappa shape index (κ3) is 4.35. The van der Waals surface area contributed by atoms with Crippen molar-refractivity contribution >= 4 is 6.09 Å². The van der Waals surface area contributed by atoms with E-state index in [4.69, 9.17) is 9.15 Å². The molecule has 1 aromatic heterocycles. The number of furan rings is 1. The second-order valence-electron chi connectivity index (χ2n) is 3.34. The molecule has 0 spiro atoms. The van der Waals surface area contributed by atoms with Crippen molar-refractivity contribution in [3.8, 4) is 0 Å². The zero-order valence-corrected chi connectivity index (χ0v) is 9.66. The van der Waals surface area contributed by atoms with E-state index >= 15 is 0 Å². The standard InChI is InChI=1S/C11H18N2O3/c1-3-15-11(14)13-7-6-12-9(2)10-5-4-8-16-10/h4-5,8-9,12H,3,6-7H2,1-2H3,(H,13,14). The molecule has 1 unspecified atom stereocenters. The van der Waals surface area contributed by atoms with Crippen LogP contribution in [0.3, 0.4) is 0 Å². The van der Waals surface area contributed by atoms with Crippen molar-refractivity contribution < 1.29 is 13.9 Å². The zero-order valence-electron chi connectivity index (χ0n) is 9.66. The van der Waals surface area contributed by atoms with Crippen LogP contribution in [-0.2, 0) is 4.74 Å². The van der Waals surface area contributed by atoms with Crippen LogP contribution in [0.25, 0.3) is 0 Å². The molecule has 5 nitrogen and oxygen atoms in total. The largest absolute Gasteiger partial charge is 0.468 e. The van der Waals surface area contributed by atoms with Crippen LogP contribution < -0.4 is 10.6 Å². The van der Waals surface area contributed by atoms with Gasteiger partial charge in [0.25, 0.3) is 0 Å². The molecule has 16 heavy (non-hydrogen) atoms. The number of carbonyl (C=O) groups excluding carboxylic acids is 1. The van der Waals surface area contributed by atoms with Crippen LogP contribution in [0.5, 0.6) is 0 Å². The van der Waals surface area contributed by atoms with Gasteiger partial charge in [-0.15, -0.1) is 0 Å². The number of amides is 1. The van der Waals surface area contributed by atoms with Gasteiger partial charge in [-0.3, -0.25) is 0 Å². The van der Waals surface area contributed by atoms with Crippen molar-refractivity contribution in [1.29, 1.82) is 0 Å². The lowest BCUT2D eigenvalue weighted by Gasteiger charge is -2.11. The van der Waals surface area contributed by atoms with Crippen molar-refractivity contribution in [3.05, 3.63) is 24.2 Å². The number of alkyl carbamates (subject to hydrolysis) is 1. The van der Waals surface area contributed by atoms with Gasteiger partial charge in [0, 0.05) is 13.1 Å². The summed E-state index contributed by atoms with van der Waals surface area (Å²) in [5, 5.41) is 5.85. The highest BCUT2D eigenvalue weighted by atomic mass is 16.5. The maximum Gasteiger partial charge on any atom is 0.407 e. The van der Waals surface area contributed by atoms with Gasteiger partial charge >= 0.3 is 6.09 Å². The minimum atomic E-state index is -0.380. The van der Waals surface area contributed by atoms with Crippen LogP contribution in [0.15, 0.2) is 22.8 Å². The minimum absolute atomic E-state index is 0.138. The number of hydrogen-bond donors (Lipinski definition) is 2. The van der Waals surface area contributed by atoms with Crippen molar-refractivity contribution in [2.75, 3.05) is 19.7 Å². The molecule has 1 aromatic rings. The average molecular weight is 226 g/mol. The fourth-order valence-electron chi connectivity index (χ4n) is 1.27. The number of rotatable bonds is 6. The number of carbonyl (C=O) groups is 1. The van der Waals surface area contributed by atoms with Gasteiger partial charge in [-0.25, -0.2) is 4.79 Å². The SMILES string of the molecule is CCOC(=O)NCCNC(C)c1ccco1. The molecule has 1 amide bonds. The summed E-state index contributed by atoms with van der Waals surface area (Å²) < 4.78 is 9.96. The van der Waals surface area contributed by atoms with Gasteiger partial charge < -0.3 is 19.8 Å². The Hall–Kier alpha value is -1.49. The highest BCUT2D eigenvalue weighted by molar-refractivity contribution is 5.66. The molecule has 1 heterocycles. The Morgan fingerprint density at radius 1 is 1.56 bits per heavy atom. The Morgan fingerprint density at radius 3 is 3.00 bits per heavy atom. The highest BCUT2D eigenvalue weighted by Crippen LogP contribution is 2.11. The van der Waals surface area contributed by atoms with Crippen molar-refractivity contribution in [2.45, 2.75) is 19.9 Å². The predicted octanol–water partition coefficient (Wildman–Crippen LogP) is 1.68. The molecule has 0 aliphatic carbocycles. The first-order valence-corrected chi connectivity index (χ1v) is 5.41. The fraction of sp³-hybridized carbons (Fsp3) is 0.545. The molecule has 0 radical (unpaired) electrons. The van der Waals surface area contributed by atoms with E-state index in [0.29, 0.717) is 19.7 Å². The van der Waals surface area contributed by atoms with Gasteiger partial charge in [0.15, 0.2) is 0 Å². The van der Waals surface area contributed by atoms with Gasteiger partial charge in [-0.2, -0.15) is 0 Å². The smallest absolute Gasteiger partial charge is 0.407 e. The van der Waals surface area contributed by atoms with E-state index in [1.54, 1.807) is 13.2 Å². The second-order valence-corrected chi connectivity index (χ2v) is 3.34. The summed E-state index contributed by atoms with van der Waals surface area (Å²) in [5.41, 5.74) is 0. The molecule has 1 atom stereocenters. The zero-order chi connectivity index (χ0) is 11.8. The van der Waals surface area contributed by atoms with Crippen LogP contribution in [0.1, 0.15) is 25.6 Å². The molecule has 1 rings (SSSR count). The molecule has 90 valence electrons. The Kier molecular flexibility index (Phi) is 5.42. The lowest BCUT2D eigenvalue weighted by molar-refractivity contribution is 0.152. The molecule has 2 N–H and O–H groups in total. The molecular formula is C11H18N2O3. The molecule has 0 bridgehead atoms. The molecule has 5 heteroatoms. The first-order chi connectivity index (χ1) is 7.74. The van der Waals surface area contributed by atoms with Gasteiger partial charge in [-0.05, 0) is 26.0 Å². The van der Waals surface area contributed by atoms with E-state index in [2.05, 4.69) is 10.6 Å². The first-order valence-electron chi connectivity index (χ1n) is 5.41. The lowest BCUT2D eigenvalue weighted by Crippen LogP contribution is -2.33. The van der Waals surface area contributed by atoms with Gasteiger partial charge in [-0.1, -0.05) is 0 Å². The monoisotopic (exact) mass is 226 g/mol. The number of nitrogens with one attached hydrogen (secondary N) is 2. The van der Waals surface area contributed by atoms with Crippen molar-refractivity contribution in [2.24, 2.45) is 0 Å². The van der Waals surface area contributed by atoms with Crippen molar-refractivity contribution in [3.63, 3.8) is 0 Å². The first kappa shape index (κ1) is 12.6. The van der Waals surface area contributed by atoms with Crippen LogP contribution in [0.2, 0.25) is 0 Å². The highest BCUT2D eigenvalue weighted by Gasteiger charge is 2.06. The molecule has 0 aliphatic heterocycles.